The number of aromatic nitrogens is 6. The Hall–Kier alpha value is -4.26. The first kappa shape index (κ1) is 38.0. The number of alkyl halides is 9. The minimum Gasteiger partial charge on any atom is -0.373 e. The lowest BCUT2D eigenvalue weighted by Gasteiger charge is -2.31. The van der Waals surface area contributed by atoms with E-state index in [0.29, 0.717) is 61.9 Å². The number of tetrazole rings is 1. The third-order valence-electron chi connectivity index (χ3n) is 8.53. The van der Waals surface area contributed by atoms with Crippen LogP contribution in [0.5, 0.6) is 0 Å². The van der Waals surface area contributed by atoms with Crippen molar-refractivity contribution in [2.75, 3.05) is 24.6 Å². The third-order valence-corrected chi connectivity index (χ3v) is 8.53. The van der Waals surface area contributed by atoms with Gasteiger partial charge in [-0.05, 0) is 77.5 Å². The van der Waals surface area contributed by atoms with E-state index in [0.717, 1.165) is 23.4 Å². The standard InChI is InChI=1S/C32H35F9N8O2/c1-4-26(48-9-8-19(14-48)17-50-18-27-42-28(5-2)51-45-27)25-7-6-22(30(33,34)35)12-21(25)16-49(29-43-46-47(3)44-29)15-20-10-23(31(36,37)38)13-24(11-20)32(39,40)41/h6-7,10-13,19,26H,4-5,8-9,14-18H2,1-3H3. The van der Waals surface area contributed by atoms with Gasteiger partial charge in [-0.15, -0.1) is 5.10 Å². The molecule has 2 aromatic heterocycles. The van der Waals surface area contributed by atoms with Gasteiger partial charge in [-0.2, -0.15) is 49.3 Å². The minimum absolute atomic E-state index is 0.00692. The Morgan fingerprint density at radius 2 is 1.61 bits per heavy atom. The highest BCUT2D eigenvalue weighted by atomic mass is 19.4. The topological polar surface area (TPSA) is 98.2 Å². The van der Waals surface area contributed by atoms with Gasteiger partial charge in [0.05, 0.1) is 30.3 Å². The van der Waals surface area contributed by atoms with Gasteiger partial charge in [-0.25, -0.2) is 0 Å². The zero-order valence-electron chi connectivity index (χ0n) is 27.8. The van der Waals surface area contributed by atoms with Crippen molar-refractivity contribution in [2.45, 2.75) is 77.4 Å². The fourth-order valence-corrected chi connectivity index (χ4v) is 6.14. The lowest BCUT2D eigenvalue weighted by atomic mass is 9.94. The summed E-state index contributed by atoms with van der Waals surface area (Å²) in [5, 5.41) is 15.5. The van der Waals surface area contributed by atoms with Crippen LogP contribution in [0.1, 0.15) is 77.8 Å². The van der Waals surface area contributed by atoms with Gasteiger partial charge in [-0.1, -0.05) is 30.2 Å². The second kappa shape index (κ2) is 15.1. The van der Waals surface area contributed by atoms with E-state index >= 15 is 0 Å². The zero-order chi connectivity index (χ0) is 37.1. The number of aryl methyl sites for hydroxylation is 2. The number of likely N-dealkylation sites (tertiary alicyclic amines) is 1. The monoisotopic (exact) mass is 734 g/mol. The first-order valence-corrected chi connectivity index (χ1v) is 16.0. The Balaban J connectivity index is 1.44. The molecule has 1 aliphatic rings. The van der Waals surface area contributed by atoms with E-state index < -0.39 is 47.3 Å². The molecule has 278 valence electrons. The van der Waals surface area contributed by atoms with Crippen LogP contribution >= 0.6 is 0 Å². The maximum atomic E-state index is 14.0. The molecule has 4 aromatic rings. The third kappa shape index (κ3) is 9.55. The molecule has 51 heavy (non-hydrogen) atoms. The van der Waals surface area contributed by atoms with Gasteiger partial charge >= 0.3 is 18.5 Å². The summed E-state index contributed by atoms with van der Waals surface area (Å²) < 4.78 is 135. The van der Waals surface area contributed by atoms with Crippen LogP contribution in [0.2, 0.25) is 0 Å². The molecule has 1 saturated heterocycles. The molecule has 0 radical (unpaired) electrons. The quantitative estimate of drug-likeness (QED) is 0.130. The number of halogens is 9. The first-order chi connectivity index (χ1) is 23.9. The minimum atomic E-state index is -5.10. The van der Waals surface area contributed by atoms with E-state index in [2.05, 4.69) is 30.5 Å². The molecule has 0 spiro atoms. The van der Waals surface area contributed by atoms with E-state index in [-0.39, 0.29) is 42.7 Å². The van der Waals surface area contributed by atoms with Gasteiger partial charge in [0.15, 0.2) is 5.82 Å². The molecule has 0 bridgehead atoms. The smallest absolute Gasteiger partial charge is 0.373 e. The van der Waals surface area contributed by atoms with Crippen LogP contribution in [0.4, 0.5) is 45.5 Å². The summed E-state index contributed by atoms with van der Waals surface area (Å²) in [4.78, 5) is 8.56. The SMILES string of the molecule is CCc1nc(COCC2CCN(C(CC)c3ccc(C(F)(F)F)cc3CN(Cc3cc(C(F)(F)F)cc(C(F)(F)F)c3)c3nnn(C)n3)C2)no1. The summed E-state index contributed by atoms with van der Waals surface area (Å²) in [7, 11) is 1.39. The Bertz CT molecular complexity index is 1740. The predicted molar refractivity (Wildman–Crippen MR) is 163 cm³/mol. The number of hydrogen-bond donors (Lipinski definition) is 0. The van der Waals surface area contributed by atoms with Crippen LogP contribution in [0.25, 0.3) is 0 Å². The number of rotatable bonds is 13. The highest BCUT2D eigenvalue weighted by molar-refractivity contribution is 5.42. The maximum Gasteiger partial charge on any atom is 0.416 e. The van der Waals surface area contributed by atoms with Crippen LogP contribution in [-0.4, -0.2) is 54.9 Å². The number of ether oxygens (including phenoxy) is 1. The van der Waals surface area contributed by atoms with Crippen LogP contribution in [0, 0.1) is 5.92 Å². The van der Waals surface area contributed by atoms with Gasteiger partial charge in [0.1, 0.15) is 6.61 Å². The van der Waals surface area contributed by atoms with Crippen molar-refractivity contribution in [3.8, 4) is 0 Å². The Labute approximate surface area is 286 Å². The summed E-state index contributed by atoms with van der Waals surface area (Å²) in [5.74, 6) is 0.808. The molecule has 2 atom stereocenters. The van der Waals surface area contributed by atoms with Gasteiger partial charge in [0.25, 0.3) is 5.95 Å². The summed E-state index contributed by atoms with van der Waals surface area (Å²) in [6, 6.07) is 4.03. The van der Waals surface area contributed by atoms with E-state index in [9.17, 15) is 39.5 Å². The van der Waals surface area contributed by atoms with Crippen molar-refractivity contribution < 1.29 is 48.8 Å². The molecule has 1 fully saturated rings. The van der Waals surface area contributed by atoms with Crippen molar-refractivity contribution >= 4 is 5.95 Å². The molecule has 19 heteroatoms. The van der Waals surface area contributed by atoms with Crippen LogP contribution in [0.15, 0.2) is 40.9 Å². The Morgan fingerprint density at radius 1 is 0.922 bits per heavy atom. The van der Waals surface area contributed by atoms with Crippen molar-refractivity contribution in [1.29, 1.82) is 0 Å². The van der Waals surface area contributed by atoms with E-state index in [1.165, 1.54) is 18.0 Å². The lowest BCUT2D eigenvalue weighted by molar-refractivity contribution is -0.143. The van der Waals surface area contributed by atoms with Crippen LogP contribution in [-0.2, 0) is 56.4 Å². The normalized spacial score (nSPS) is 16.6. The molecule has 3 heterocycles. The van der Waals surface area contributed by atoms with Crippen molar-refractivity contribution in [1.82, 2.24) is 35.2 Å². The van der Waals surface area contributed by atoms with Gasteiger partial charge < -0.3 is 14.2 Å². The molecule has 2 aromatic carbocycles. The number of anilines is 1. The molecular weight excluding hydrogens is 699 g/mol. The van der Waals surface area contributed by atoms with Crippen LogP contribution in [0.3, 0.4) is 0 Å². The van der Waals surface area contributed by atoms with Gasteiger partial charge in [0.2, 0.25) is 5.89 Å². The van der Waals surface area contributed by atoms with E-state index in [1.807, 2.05) is 13.8 Å². The molecule has 0 N–H and O–H groups in total. The highest BCUT2D eigenvalue weighted by Crippen LogP contribution is 2.39. The second-order valence-electron chi connectivity index (χ2n) is 12.3. The van der Waals surface area contributed by atoms with Crippen LogP contribution < -0.4 is 4.90 Å². The first-order valence-electron chi connectivity index (χ1n) is 16.0. The average molecular weight is 735 g/mol. The van der Waals surface area contributed by atoms with Gasteiger partial charge in [0, 0.05) is 32.1 Å². The summed E-state index contributed by atoms with van der Waals surface area (Å²) >= 11 is 0. The number of benzene rings is 2. The fourth-order valence-electron chi connectivity index (χ4n) is 6.14. The van der Waals surface area contributed by atoms with E-state index in [1.54, 1.807) is 0 Å². The Kier molecular flexibility index (Phi) is 11.3. The highest BCUT2D eigenvalue weighted by Gasteiger charge is 2.38. The number of hydrogen-bond acceptors (Lipinski definition) is 9. The molecule has 0 amide bonds. The summed E-state index contributed by atoms with van der Waals surface area (Å²) in [5.41, 5.74) is -3.77. The lowest BCUT2D eigenvalue weighted by Crippen LogP contribution is -2.30. The summed E-state index contributed by atoms with van der Waals surface area (Å²) in [6.45, 7) is 4.47. The molecule has 5 rings (SSSR count). The Morgan fingerprint density at radius 3 is 2.18 bits per heavy atom. The molecule has 1 aliphatic heterocycles. The zero-order valence-corrected chi connectivity index (χ0v) is 27.8. The largest absolute Gasteiger partial charge is 0.416 e. The maximum absolute atomic E-state index is 14.0. The summed E-state index contributed by atoms with van der Waals surface area (Å²) in [6.07, 6.45) is -13.1. The van der Waals surface area contributed by atoms with Gasteiger partial charge in [-0.3, -0.25) is 4.90 Å². The van der Waals surface area contributed by atoms with Crippen molar-refractivity contribution in [2.24, 2.45) is 13.0 Å². The molecule has 2 unspecified atom stereocenters. The molecular formula is C32H35F9N8O2. The molecule has 0 aliphatic carbocycles. The number of nitrogens with zero attached hydrogens (tertiary/aromatic N) is 8. The van der Waals surface area contributed by atoms with E-state index in [4.69, 9.17) is 9.26 Å². The molecule has 0 saturated carbocycles. The predicted octanol–water partition coefficient (Wildman–Crippen LogP) is 7.41. The van der Waals surface area contributed by atoms with Crippen molar-refractivity contribution in [3.63, 3.8) is 0 Å². The average Bonchev–Trinajstić information content (AvgIpc) is 3.82. The molecule has 10 nitrogen and oxygen atoms in total. The van der Waals surface area contributed by atoms with Crippen molar-refractivity contribution in [3.05, 3.63) is 81.5 Å². The fraction of sp³-hybridized carbons (Fsp3) is 0.531. The second-order valence-corrected chi connectivity index (χ2v) is 12.3.